The molecule has 9 rings (SSSR count). The summed E-state index contributed by atoms with van der Waals surface area (Å²) in [6.45, 7) is 0. The van der Waals surface area contributed by atoms with Crippen LogP contribution in [0.5, 0.6) is 0 Å². The van der Waals surface area contributed by atoms with E-state index in [0.717, 1.165) is 50.8 Å². The molecule has 2 N–H and O–H groups in total. The van der Waals surface area contributed by atoms with Gasteiger partial charge in [-0.2, -0.15) is 0 Å². The van der Waals surface area contributed by atoms with Gasteiger partial charge in [0.2, 0.25) is 0 Å². The topological polar surface area (TPSA) is 64.9 Å². The van der Waals surface area contributed by atoms with E-state index in [2.05, 4.69) is 113 Å². The molecule has 2 aliphatic rings. The van der Waals surface area contributed by atoms with Crippen molar-refractivity contribution in [2.75, 3.05) is 10.2 Å². The second kappa shape index (κ2) is 11.5. The molecule has 0 bridgehead atoms. The van der Waals surface area contributed by atoms with Crippen molar-refractivity contribution in [3.05, 3.63) is 180 Å². The summed E-state index contributed by atoms with van der Waals surface area (Å²) in [7, 11) is 0. The van der Waals surface area contributed by atoms with E-state index in [1.54, 1.807) is 0 Å². The number of para-hydroxylation sites is 1. The summed E-state index contributed by atoms with van der Waals surface area (Å²) in [5, 5.41) is 12.4. The largest absolute Gasteiger partial charge is 0.355 e. The zero-order valence-electron chi connectivity index (χ0n) is 26.1. The Morgan fingerprint density at radius 3 is 1.92 bits per heavy atom. The molecule has 0 spiro atoms. The fraction of sp³-hybridized carbons (Fsp3) is 0.0465. The van der Waals surface area contributed by atoms with E-state index in [9.17, 15) is 0 Å². The Morgan fingerprint density at radius 1 is 0.604 bits per heavy atom. The minimum atomic E-state index is -0.0843. The van der Waals surface area contributed by atoms with Crippen molar-refractivity contribution in [3.8, 4) is 33.8 Å². The lowest BCUT2D eigenvalue weighted by atomic mass is 9.73. The van der Waals surface area contributed by atoms with Crippen LogP contribution in [0.4, 0.5) is 22.9 Å². The number of nitrogens with one attached hydrogen (secondary N) is 2. The molecule has 2 atom stereocenters. The summed E-state index contributed by atoms with van der Waals surface area (Å²) in [5.41, 5.74) is 12.8. The normalized spacial score (nSPS) is 15.5. The van der Waals surface area contributed by atoms with E-state index >= 15 is 0 Å². The molecule has 48 heavy (non-hydrogen) atoms. The minimum absolute atomic E-state index is 0.0319. The van der Waals surface area contributed by atoms with E-state index in [-0.39, 0.29) is 12.0 Å². The first-order chi connectivity index (χ1) is 23.8. The van der Waals surface area contributed by atoms with Crippen LogP contribution in [0.25, 0.3) is 33.8 Å². The maximum absolute atomic E-state index is 8.81. The number of nitrogens with zero attached hydrogens (tertiary/aromatic N) is 3. The van der Waals surface area contributed by atoms with Crippen LogP contribution in [0.1, 0.15) is 34.2 Å². The molecule has 228 valence electrons. The van der Waals surface area contributed by atoms with Crippen molar-refractivity contribution in [2.45, 2.75) is 12.0 Å². The molecule has 0 amide bonds. The van der Waals surface area contributed by atoms with E-state index in [0.29, 0.717) is 5.82 Å². The summed E-state index contributed by atoms with van der Waals surface area (Å²) in [6.07, 6.45) is 1.51. The van der Waals surface area contributed by atoms with Gasteiger partial charge in [0.15, 0.2) is 5.82 Å². The molecule has 5 heteroatoms. The van der Waals surface area contributed by atoms with Crippen molar-refractivity contribution in [2.24, 2.45) is 0 Å². The summed E-state index contributed by atoms with van der Waals surface area (Å²) < 4.78 is 0. The smallest absolute Gasteiger partial charge is 0.162 e. The van der Waals surface area contributed by atoms with E-state index < -0.39 is 0 Å². The van der Waals surface area contributed by atoms with Gasteiger partial charge in [-0.3, -0.25) is 0 Å². The average molecular weight is 618 g/mol. The molecule has 0 fully saturated rings. The number of fused-ring (bicyclic) bond motifs is 8. The number of rotatable bonds is 6. The third-order valence-electron chi connectivity index (χ3n) is 9.55. The minimum Gasteiger partial charge on any atom is -0.355 e. The predicted molar refractivity (Wildman–Crippen MR) is 196 cm³/mol. The van der Waals surface area contributed by atoms with Crippen LogP contribution in [-0.4, -0.2) is 16.2 Å². The lowest BCUT2D eigenvalue weighted by molar-refractivity contribution is 0.645. The summed E-state index contributed by atoms with van der Waals surface area (Å²) in [6, 6.07) is 54.5. The summed E-state index contributed by atoms with van der Waals surface area (Å²) >= 11 is 0. The second-order valence-electron chi connectivity index (χ2n) is 12.2. The lowest BCUT2D eigenvalue weighted by Crippen LogP contribution is -2.27. The maximum Gasteiger partial charge on any atom is 0.162 e. The van der Waals surface area contributed by atoms with Gasteiger partial charge in [0, 0.05) is 52.0 Å². The fourth-order valence-corrected chi connectivity index (χ4v) is 7.51. The van der Waals surface area contributed by atoms with Gasteiger partial charge in [-0.15, -0.1) is 0 Å². The van der Waals surface area contributed by atoms with E-state index in [4.69, 9.17) is 15.4 Å². The Labute approximate surface area is 279 Å². The van der Waals surface area contributed by atoms with Crippen LogP contribution in [0.3, 0.4) is 0 Å². The van der Waals surface area contributed by atoms with E-state index in [1.807, 2.05) is 54.6 Å². The third kappa shape index (κ3) is 4.51. The SMILES string of the molecule is N=Cc1c(Nc2ccccc2)ccc2c1C1c3ccccc3-c3ccccc3C1N2c1cc(-c2ccccc2)nc(-c2ccccc2)n1. The number of benzene rings is 6. The first-order valence-corrected chi connectivity index (χ1v) is 16.3. The predicted octanol–water partition coefficient (Wildman–Crippen LogP) is 10.6. The highest BCUT2D eigenvalue weighted by Crippen LogP contribution is 2.61. The number of aromatic nitrogens is 2. The maximum atomic E-state index is 8.81. The van der Waals surface area contributed by atoms with Gasteiger partial charge in [-0.05, 0) is 52.1 Å². The van der Waals surface area contributed by atoms with Crippen LogP contribution in [0.2, 0.25) is 0 Å². The summed E-state index contributed by atoms with van der Waals surface area (Å²) in [4.78, 5) is 12.8. The van der Waals surface area contributed by atoms with Crippen molar-refractivity contribution < 1.29 is 0 Å². The Balaban J connectivity index is 1.33. The van der Waals surface area contributed by atoms with Gasteiger partial charge >= 0.3 is 0 Å². The standard InChI is InChI=1S/C43H31N5/c44-27-35-36(45-30-18-8-3-9-19-30)24-25-38-40(35)41-33-22-12-10-20-31(33)32-21-11-13-23-34(32)42(41)48(38)39-26-37(28-14-4-1-5-15-28)46-43(47-39)29-16-6-2-7-17-29/h1-27,41-42,44-45H. The van der Waals surface area contributed by atoms with Crippen molar-refractivity contribution in [1.29, 1.82) is 5.41 Å². The van der Waals surface area contributed by atoms with Crippen LogP contribution < -0.4 is 10.2 Å². The van der Waals surface area contributed by atoms with Gasteiger partial charge in [0.05, 0.1) is 11.7 Å². The highest BCUT2D eigenvalue weighted by molar-refractivity contribution is 5.97. The molecule has 1 aliphatic carbocycles. The van der Waals surface area contributed by atoms with Gasteiger partial charge in [0.1, 0.15) is 5.82 Å². The molecular formula is C43H31N5. The molecule has 0 saturated heterocycles. The van der Waals surface area contributed by atoms with E-state index in [1.165, 1.54) is 28.5 Å². The zero-order chi connectivity index (χ0) is 32.0. The monoisotopic (exact) mass is 617 g/mol. The first kappa shape index (κ1) is 27.9. The molecule has 0 radical (unpaired) electrons. The molecule has 1 aliphatic heterocycles. The Morgan fingerprint density at radius 2 is 1.21 bits per heavy atom. The lowest BCUT2D eigenvalue weighted by Gasteiger charge is -2.36. The van der Waals surface area contributed by atoms with Gasteiger partial charge < -0.3 is 15.6 Å². The first-order valence-electron chi connectivity index (χ1n) is 16.3. The van der Waals surface area contributed by atoms with Gasteiger partial charge in [-0.25, -0.2) is 9.97 Å². The van der Waals surface area contributed by atoms with Crippen LogP contribution >= 0.6 is 0 Å². The van der Waals surface area contributed by atoms with Crippen LogP contribution in [0, 0.1) is 5.41 Å². The highest BCUT2D eigenvalue weighted by atomic mass is 15.3. The average Bonchev–Trinajstić information content (AvgIpc) is 3.52. The highest BCUT2D eigenvalue weighted by Gasteiger charge is 2.47. The zero-order valence-corrected chi connectivity index (χ0v) is 26.1. The molecule has 1 aromatic heterocycles. The van der Waals surface area contributed by atoms with Crippen LogP contribution in [-0.2, 0) is 0 Å². The van der Waals surface area contributed by atoms with Crippen molar-refractivity contribution in [1.82, 2.24) is 9.97 Å². The van der Waals surface area contributed by atoms with Crippen molar-refractivity contribution in [3.63, 3.8) is 0 Å². The fourth-order valence-electron chi connectivity index (χ4n) is 7.51. The summed E-state index contributed by atoms with van der Waals surface area (Å²) in [5.74, 6) is 1.47. The van der Waals surface area contributed by atoms with Crippen molar-refractivity contribution >= 4 is 29.1 Å². The molecule has 7 aromatic rings. The number of anilines is 4. The van der Waals surface area contributed by atoms with Gasteiger partial charge in [0.25, 0.3) is 0 Å². The number of hydrogen-bond donors (Lipinski definition) is 2. The molecule has 2 heterocycles. The molecule has 5 nitrogen and oxygen atoms in total. The quantitative estimate of drug-likeness (QED) is 0.182. The Kier molecular flexibility index (Phi) is 6.68. The Hall–Kier alpha value is -6.33. The third-order valence-corrected chi connectivity index (χ3v) is 9.55. The molecule has 0 saturated carbocycles. The van der Waals surface area contributed by atoms with Crippen LogP contribution in [0.15, 0.2) is 158 Å². The molecule has 6 aromatic carbocycles. The van der Waals surface area contributed by atoms with Gasteiger partial charge in [-0.1, -0.05) is 127 Å². The number of hydrogen-bond acceptors (Lipinski definition) is 5. The Bertz CT molecular complexity index is 2240. The second-order valence-corrected chi connectivity index (χ2v) is 12.2. The molecule has 2 unspecified atom stereocenters. The molecular weight excluding hydrogens is 587 g/mol.